The van der Waals surface area contributed by atoms with Crippen molar-refractivity contribution in [2.75, 3.05) is 23.0 Å². The SMILES string of the molecule is Cc1cc(C(N)=O)cc(N2CCSCC2C(=O)O)n1. The van der Waals surface area contributed by atoms with Gasteiger partial charge in [-0.25, -0.2) is 9.78 Å². The van der Waals surface area contributed by atoms with Crippen molar-refractivity contribution in [3.63, 3.8) is 0 Å². The van der Waals surface area contributed by atoms with E-state index in [0.717, 1.165) is 5.75 Å². The number of carboxylic acids is 1. The van der Waals surface area contributed by atoms with Crippen LogP contribution in [0.25, 0.3) is 0 Å². The summed E-state index contributed by atoms with van der Waals surface area (Å²) in [6.07, 6.45) is 0. The van der Waals surface area contributed by atoms with Gasteiger partial charge in [-0.15, -0.1) is 0 Å². The van der Waals surface area contributed by atoms with Gasteiger partial charge in [0, 0.05) is 29.3 Å². The zero-order valence-electron chi connectivity index (χ0n) is 10.5. The molecule has 1 amide bonds. The standard InChI is InChI=1S/C12H15N3O3S/c1-7-4-8(11(13)16)5-10(14-7)15-2-3-19-6-9(15)12(17)18/h4-5,9H,2-3,6H2,1H3,(H2,13,16)(H,17,18). The predicted molar refractivity (Wildman–Crippen MR) is 73.6 cm³/mol. The van der Waals surface area contributed by atoms with Crippen LogP contribution in [0.5, 0.6) is 0 Å². The van der Waals surface area contributed by atoms with Crippen LogP contribution in [0.15, 0.2) is 12.1 Å². The first-order valence-corrected chi connectivity index (χ1v) is 7.00. The van der Waals surface area contributed by atoms with Crippen molar-refractivity contribution < 1.29 is 14.7 Å². The molecule has 0 spiro atoms. The van der Waals surface area contributed by atoms with Crippen molar-refractivity contribution in [2.45, 2.75) is 13.0 Å². The van der Waals surface area contributed by atoms with Crippen LogP contribution in [0.4, 0.5) is 5.82 Å². The number of anilines is 1. The number of hydrogen-bond acceptors (Lipinski definition) is 5. The zero-order valence-corrected chi connectivity index (χ0v) is 11.3. The molecule has 1 aromatic rings. The molecule has 1 fully saturated rings. The van der Waals surface area contributed by atoms with Gasteiger partial charge < -0.3 is 15.7 Å². The van der Waals surface area contributed by atoms with Crippen LogP contribution in [0.2, 0.25) is 0 Å². The quantitative estimate of drug-likeness (QED) is 0.837. The molecule has 1 aliphatic rings. The molecule has 1 atom stereocenters. The number of hydrogen-bond donors (Lipinski definition) is 2. The van der Waals surface area contributed by atoms with Gasteiger partial charge in [-0.1, -0.05) is 0 Å². The number of aryl methyl sites for hydroxylation is 1. The van der Waals surface area contributed by atoms with E-state index >= 15 is 0 Å². The summed E-state index contributed by atoms with van der Waals surface area (Å²) in [5.41, 5.74) is 6.27. The summed E-state index contributed by atoms with van der Waals surface area (Å²) in [6.45, 7) is 2.35. The van der Waals surface area contributed by atoms with Crippen molar-refractivity contribution in [2.24, 2.45) is 5.73 Å². The number of amides is 1. The molecular formula is C12H15N3O3S. The van der Waals surface area contributed by atoms with E-state index < -0.39 is 17.9 Å². The van der Waals surface area contributed by atoms with Crippen LogP contribution in [-0.4, -0.2) is 46.1 Å². The van der Waals surface area contributed by atoms with Gasteiger partial charge in [0.05, 0.1) is 0 Å². The van der Waals surface area contributed by atoms with E-state index in [2.05, 4.69) is 4.98 Å². The number of primary amides is 1. The van der Waals surface area contributed by atoms with Crippen molar-refractivity contribution in [3.8, 4) is 0 Å². The highest BCUT2D eigenvalue weighted by molar-refractivity contribution is 7.99. The Kier molecular flexibility index (Phi) is 3.94. The van der Waals surface area contributed by atoms with E-state index in [1.165, 1.54) is 0 Å². The molecule has 3 N–H and O–H groups in total. The summed E-state index contributed by atoms with van der Waals surface area (Å²) in [7, 11) is 0. The molecule has 1 aromatic heterocycles. The highest BCUT2D eigenvalue weighted by atomic mass is 32.2. The first-order chi connectivity index (χ1) is 8.99. The van der Waals surface area contributed by atoms with E-state index in [1.54, 1.807) is 35.7 Å². The largest absolute Gasteiger partial charge is 0.480 e. The number of carboxylic acid groups (broad SMARTS) is 1. The van der Waals surface area contributed by atoms with Gasteiger partial charge in [-0.05, 0) is 19.1 Å². The first-order valence-electron chi connectivity index (χ1n) is 5.84. The Balaban J connectivity index is 2.38. The summed E-state index contributed by atoms with van der Waals surface area (Å²) in [5, 5.41) is 9.24. The van der Waals surface area contributed by atoms with Gasteiger partial charge >= 0.3 is 5.97 Å². The lowest BCUT2D eigenvalue weighted by molar-refractivity contribution is -0.138. The third-order valence-corrected chi connectivity index (χ3v) is 3.95. The van der Waals surface area contributed by atoms with Gasteiger partial charge in [0.15, 0.2) is 0 Å². The number of carbonyl (C=O) groups excluding carboxylic acids is 1. The molecule has 0 radical (unpaired) electrons. The summed E-state index contributed by atoms with van der Waals surface area (Å²) >= 11 is 1.60. The van der Waals surface area contributed by atoms with Crippen LogP contribution in [0.1, 0.15) is 16.1 Å². The second-order valence-corrected chi connectivity index (χ2v) is 5.49. The normalized spacial score (nSPS) is 19.2. The fraction of sp³-hybridized carbons (Fsp3) is 0.417. The van der Waals surface area contributed by atoms with Crippen LogP contribution in [0.3, 0.4) is 0 Å². The second kappa shape index (κ2) is 5.48. The van der Waals surface area contributed by atoms with Gasteiger partial charge in [0.2, 0.25) is 5.91 Å². The van der Waals surface area contributed by atoms with Gasteiger partial charge in [0.1, 0.15) is 11.9 Å². The molecular weight excluding hydrogens is 266 g/mol. The average molecular weight is 281 g/mol. The van der Waals surface area contributed by atoms with E-state index in [0.29, 0.717) is 29.4 Å². The molecule has 1 saturated heterocycles. The summed E-state index contributed by atoms with van der Waals surface area (Å²) in [4.78, 5) is 28.6. The Morgan fingerprint density at radius 1 is 1.53 bits per heavy atom. The molecule has 2 heterocycles. The molecule has 1 unspecified atom stereocenters. The lowest BCUT2D eigenvalue weighted by atomic mass is 10.2. The summed E-state index contributed by atoms with van der Waals surface area (Å²) in [5.74, 6) is 0.435. The van der Waals surface area contributed by atoms with Crippen LogP contribution in [-0.2, 0) is 4.79 Å². The maximum absolute atomic E-state index is 11.3. The van der Waals surface area contributed by atoms with Gasteiger partial charge in [-0.2, -0.15) is 11.8 Å². The number of nitrogens with zero attached hydrogens (tertiary/aromatic N) is 2. The van der Waals surface area contributed by atoms with E-state index in [-0.39, 0.29) is 0 Å². The Morgan fingerprint density at radius 3 is 2.89 bits per heavy atom. The minimum absolute atomic E-state index is 0.352. The topological polar surface area (TPSA) is 96.5 Å². The molecule has 0 saturated carbocycles. The average Bonchev–Trinajstić information content (AvgIpc) is 2.37. The fourth-order valence-electron chi connectivity index (χ4n) is 2.02. The Morgan fingerprint density at radius 2 is 2.26 bits per heavy atom. The van der Waals surface area contributed by atoms with Crippen LogP contribution in [0, 0.1) is 6.92 Å². The number of aromatic nitrogens is 1. The van der Waals surface area contributed by atoms with Crippen molar-refractivity contribution >= 4 is 29.5 Å². The van der Waals surface area contributed by atoms with Gasteiger partial charge in [-0.3, -0.25) is 4.79 Å². The van der Waals surface area contributed by atoms with Crippen molar-refractivity contribution in [1.82, 2.24) is 4.98 Å². The fourth-order valence-corrected chi connectivity index (χ4v) is 3.06. The first kappa shape index (κ1) is 13.7. The van der Waals surface area contributed by atoms with E-state index in [4.69, 9.17) is 5.73 Å². The van der Waals surface area contributed by atoms with Crippen LogP contribution >= 0.6 is 11.8 Å². The van der Waals surface area contributed by atoms with E-state index in [1.807, 2.05) is 0 Å². The third kappa shape index (κ3) is 2.98. The Hall–Kier alpha value is -1.76. The number of aliphatic carboxylic acids is 1. The molecule has 2 rings (SSSR count). The zero-order chi connectivity index (χ0) is 14.0. The summed E-state index contributed by atoms with van der Waals surface area (Å²) in [6, 6.07) is 2.54. The minimum atomic E-state index is -0.879. The maximum atomic E-state index is 11.3. The number of thioether (sulfide) groups is 1. The number of rotatable bonds is 3. The maximum Gasteiger partial charge on any atom is 0.327 e. The van der Waals surface area contributed by atoms with E-state index in [9.17, 15) is 14.7 Å². The van der Waals surface area contributed by atoms with Gasteiger partial charge in [0.25, 0.3) is 0 Å². The monoisotopic (exact) mass is 281 g/mol. The highest BCUT2D eigenvalue weighted by Crippen LogP contribution is 2.24. The molecule has 0 aliphatic carbocycles. The molecule has 1 aliphatic heterocycles. The predicted octanol–water partition coefficient (Wildman–Crippen LogP) is 0.495. The molecule has 0 bridgehead atoms. The Labute approximate surface area is 115 Å². The molecule has 102 valence electrons. The molecule has 7 heteroatoms. The Bertz CT molecular complexity index is 521. The molecule has 6 nitrogen and oxygen atoms in total. The number of pyridine rings is 1. The van der Waals surface area contributed by atoms with Crippen molar-refractivity contribution in [3.05, 3.63) is 23.4 Å². The molecule has 0 aromatic carbocycles. The summed E-state index contributed by atoms with van der Waals surface area (Å²) < 4.78 is 0. The highest BCUT2D eigenvalue weighted by Gasteiger charge is 2.30. The van der Waals surface area contributed by atoms with Crippen LogP contribution < -0.4 is 10.6 Å². The minimum Gasteiger partial charge on any atom is -0.480 e. The number of nitrogens with two attached hydrogens (primary N) is 1. The number of carbonyl (C=O) groups is 2. The lowest BCUT2D eigenvalue weighted by Gasteiger charge is -2.33. The lowest BCUT2D eigenvalue weighted by Crippen LogP contribution is -2.48. The second-order valence-electron chi connectivity index (χ2n) is 4.34. The smallest absolute Gasteiger partial charge is 0.327 e. The van der Waals surface area contributed by atoms with Crippen molar-refractivity contribution in [1.29, 1.82) is 0 Å². The molecule has 19 heavy (non-hydrogen) atoms. The third-order valence-electron chi connectivity index (χ3n) is 2.93.